The Kier molecular flexibility index (Phi) is 8.51. The van der Waals surface area contributed by atoms with Crippen LogP contribution in [-0.2, 0) is 27.4 Å². The molecular weight excluding hydrogens is 558 g/mol. The zero-order chi connectivity index (χ0) is 30.2. The number of ether oxygens (including phenoxy) is 1. The molecule has 0 aromatic heterocycles. The Morgan fingerprint density at radius 2 is 1.50 bits per heavy atom. The summed E-state index contributed by atoms with van der Waals surface area (Å²) in [5.41, 5.74) is -3.15. The van der Waals surface area contributed by atoms with Crippen LogP contribution >= 0.6 is 0 Å². The summed E-state index contributed by atoms with van der Waals surface area (Å²) >= 11 is 0. The minimum Gasteiger partial charge on any atom is -0.371 e. The first-order chi connectivity index (χ1) is 19.8. The van der Waals surface area contributed by atoms with Crippen molar-refractivity contribution in [1.82, 2.24) is 10.2 Å². The highest BCUT2D eigenvalue weighted by Gasteiger charge is 2.43. The number of hydrogen-bond donors (Lipinski definition) is 1. The Morgan fingerprint density at radius 1 is 0.905 bits per heavy atom. The van der Waals surface area contributed by atoms with Crippen molar-refractivity contribution in [2.75, 3.05) is 19.7 Å². The molecule has 2 heterocycles. The predicted molar refractivity (Wildman–Crippen MR) is 147 cm³/mol. The fraction of sp³-hybridized carbons (Fsp3) is 0.531. The van der Waals surface area contributed by atoms with E-state index in [4.69, 9.17) is 4.74 Å². The number of alkyl halides is 6. The molecule has 1 N–H and O–H groups in total. The molecular formula is C32H36F6N2O2. The molecule has 2 aromatic carbocycles. The summed E-state index contributed by atoms with van der Waals surface area (Å²) < 4.78 is 86.9. The maximum Gasteiger partial charge on any atom is 0.416 e. The lowest BCUT2D eigenvalue weighted by Crippen LogP contribution is -2.54. The first kappa shape index (κ1) is 30.6. The minimum absolute atomic E-state index is 0.0762. The van der Waals surface area contributed by atoms with Crippen LogP contribution in [0.15, 0.2) is 60.7 Å². The Bertz CT molecular complexity index is 1240. The summed E-state index contributed by atoms with van der Waals surface area (Å²) in [7, 11) is 0. The largest absolute Gasteiger partial charge is 0.416 e. The quantitative estimate of drug-likeness (QED) is 0.287. The van der Waals surface area contributed by atoms with Crippen LogP contribution in [0.3, 0.4) is 0 Å². The number of rotatable bonds is 5. The van der Waals surface area contributed by atoms with E-state index < -0.39 is 40.8 Å². The highest BCUT2D eigenvalue weighted by atomic mass is 19.4. The second-order valence-electron chi connectivity index (χ2n) is 11.9. The average molecular weight is 595 g/mol. The van der Waals surface area contributed by atoms with Gasteiger partial charge in [-0.15, -0.1) is 0 Å². The van der Waals surface area contributed by atoms with Crippen LogP contribution in [0.25, 0.3) is 0 Å². The molecule has 1 amide bonds. The van der Waals surface area contributed by atoms with Gasteiger partial charge >= 0.3 is 12.4 Å². The maximum atomic E-state index is 13.6. The van der Waals surface area contributed by atoms with Gasteiger partial charge in [0, 0.05) is 19.1 Å². The van der Waals surface area contributed by atoms with Crippen molar-refractivity contribution in [3.8, 4) is 0 Å². The van der Waals surface area contributed by atoms with E-state index in [0.717, 1.165) is 50.8 Å². The third kappa shape index (κ3) is 6.54. The lowest BCUT2D eigenvalue weighted by atomic mass is 9.73. The Balaban J connectivity index is 1.33. The topological polar surface area (TPSA) is 41.6 Å². The molecule has 3 aliphatic rings. The molecule has 0 bridgehead atoms. The third-order valence-corrected chi connectivity index (χ3v) is 9.37. The molecule has 0 radical (unpaired) electrons. The number of amides is 1. The van der Waals surface area contributed by atoms with Gasteiger partial charge in [-0.05, 0) is 81.2 Å². The van der Waals surface area contributed by atoms with Crippen LogP contribution in [0.2, 0.25) is 0 Å². The van der Waals surface area contributed by atoms with E-state index in [1.165, 1.54) is 6.92 Å². The van der Waals surface area contributed by atoms with Gasteiger partial charge in [-0.3, -0.25) is 4.79 Å². The van der Waals surface area contributed by atoms with Crippen molar-refractivity contribution < 1.29 is 35.9 Å². The molecule has 5 rings (SSSR count). The number of piperidine rings is 1. The van der Waals surface area contributed by atoms with E-state index in [2.05, 4.69) is 22.4 Å². The zero-order valence-corrected chi connectivity index (χ0v) is 23.5. The first-order valence-electron chi connectivity index (χ1n) is 14.5. The molecule has 2 aromatic rings. The van der Waals surface area contributed by atoms with E-state index >= 15 is 0 Å². The zero-order valence-electron chi connectivity index (χ0n) is 23.5. The van der Waals surface area contributed by atoms with E-state index in [1.54, 1.807) is 0 Å². The summed E-state index contributed by atoms with van der Waals surface area (Å²) in [6, 6.07) is 11.1. The molecule has 1 spiro atoms. The normalized spacial score (nSPS) is 25.7. The molecule has 2 aliphatic heterocycles. The Labute approximate surface area is 242 Å². The molecule has 1 saturated heterocycles. The van der Waals surface area contributed by atoms with Crippen LogP contribution in [0, 0.1) is 0 Å². The molecule has 1 unspecified atom stereocenters. The number of hydrogen-bond acceptors (Lipinski definition) is 3. The van der Waals surface area contributed by atoms with Crippen molar-refractivity contribution in [2.45, 2.75) is 87.3 Å². The lowest BCUT2D eigenvalue weighted by Gasteiger charge is -2.48. The number of carbonyl (C=O) groups is 1. The Morgan fingerprint density at radius 3 is 2.02 bits per heavy atom. The van der Waals surface area contributed by atoms with Gasteiger partial charge in [0.1, 0.15) is 0 Å². The van der Waals surface area contributed by atoms with Crippen LogP contribution in [0.5, 0.6) is 0 Å². The number of benzene rings is 2. The molecule has 1 saturated carbocycles. The first-order valence-corrected chi connectivity index (χ1v) is 14.5. The average Bonchev–Trinajstić information content (AvgIpc) is 2.97. The second-order valence-corrected chi connectivity index (χ2v) is 11.9. The van der Waals surface area contributed by atoms with E-state index in [1.807, 2.05) is 30.3 Å². The van der Waals surface area contributed by atoms with Crippen molar-refractivity contribution in [3.63, 3.8) is 0 Å². The second kappa shape index (κ2) is 11.7. The number of likely N-dealkylation sites (tertiary alicyclic amines) is 1. The van der Waals surface area contributed by atoms with E-state index in [9.17, 15) is 31.1 Å². The van der Waals surface area contributed by atoms with Gasteiger partial charge in [-0.25, -0.2) is 0 Å². The highest BCUT2D eigenvalue weighted by molar-refractivity contribution is 5.84. The standard InChI is InChI=1S/C32H36F6N2O2/c1-22(23-19-25(31(33,34)35)21-26(20-23)32(36,37)38)28(41)39-30(24-7-3-2-4-8-24)12-9-27(10-13-30)40-16-14-29(15-17-40)11-5-6-18-42-29/h2-8,19-22,27H,9-18H2,1H3,(H,39,41). The monoisotopic (exact) mass is 594 g/mol. The van der Waals surface area contributed by atoms with E-state index in [0.29, 0.717) is 37.6 Å². The highest BCUT2D eigenvalue weighted by Crippen LogP contribution is 2.42. The lowest BCUT2D eigenvalue weighted by molar-refractivity contribution is -0.143. The van der Waals surface area contributed by atoms with Crippen LogP contribution in [0.4, 0.5) is 26.3 Å². The van der Waals surface area contributed by atoms with Gasteiger partial charge in [0.25, 0.3) is 0 Å². The summed E-state index contributed by atoms with van der Waals surface area (Å²) in [6.45, 7) is 3.86. The SMILES string of the molecule is CC(C(=O)NC1(c2ccccc2)CCC(N2CCC3(CC=CCO3)CC2)CC1)c1cc(C(F)(F)F)cc(C(F)(F)F)c1. The number of nitrogens with one attached hydrogen (secondary N) is 1. The van der Waals surface area contributed by atoms with Gasteiger partial charge in [-0.2, -0.15) is 26.3 Å². The summed E-state index contributed by atoms with van der Waals surface area (Å²) in [6.07, 6.45) is -0.0321. The summed E-state index contributed by atoms with van der Waals surface area (Å²) in [5, 5.41) is 3.09. The molecule has 228 valence electrons. The van der Waals surface area contributed by atoms with Crippen LogP contribution in [0.1, 0.15) is 80.0 Å². The number of carbonyl (C=O) groups excluding carboxylic acids is 1. The molecule has 4 nitrogen and oxygen atoms in total. The fourth-order valence-electron chi connectivity index (χ4n) is 6.72. The molecule has 10 heteroatoms. The molecule has 2 fully saturated rings. The van der Waals surface area contributed by atoms with Crippen LogP contribution < -0.4 is 5.32 Å². The smallest absolute Gasteiger partial charge is 0.371 e. The minimum atomic E-state index is -4.98. The molecule has 42 heavy (non-hydrogen) atoms. The summed E-state index contributed by atoms with van der Waals surface area (Å²) in [5.74, 6) is -1.83. The van der Waals surface area contributed by atoms with Crippen molar-refractivity contribution >= 4 is 5.91 Å². The van der Waals surface area contributed by atoms with Gasteiger partial charge in [-0.1, -0.05) is 42.5 Å². The van der Waals surface area contributed by atoms with Gasteiger partial charge in [0.05, 0.1) is 34.8 Å². The van der Waals surface area contributed by atoms with Gasteiger partial charge < -0.3 is 15.0 Å². The number of halogens is 6. The number of nitrogens with zero attached hydrogens (tertiary/aromatic N) is 1. The van der Waals surface area contributed by atoms with Crippen molar-refractivity contribution in [2.24, 2.45) is 0 Å². The molecule has 1 aliphatic carbocycles. The van der Waals surface area contributed by atoms with Gasteiger partial charge in [0.2, 0.25) is 5.91 Å². The Hall–Kier alpha value is -2.85. The third-order valence-electron chi connectivity index (χ3n) is 9.37. The van der Waals surface area contributed by atoms with Gasteiger partial charge in [0.15, 0.2) is 0 Å². The molecule has 1 atom stereocenters. The predicted octanol–water partition coefficient (Wildman–Crippen LogP) is 7.59. The maximum absolute atomic E-state index is 13.6. The summed E-state index contributed by atoms with van der Waals surface area (Å²) in [4.78, 5) is 16.1. The van der Waals surface area contributed by atoms with E-state index in [-0.39, 0.29) is 17.2 Å². The van der Waals surface area contributed by atoms with Crippen LogP contribution in [-0.4, -0.2) is 42.1 Å². The fourth-order valence-corrected chi connectivity index (χ4v) is 6.72. The van der Waals surface area contributed by atoms with Crippen molar-refractivity contribution in [1.29, 1.82) is 0 Å². The van der Waals surface area contributed by atoms with Crippen molar-refractivity contribution in [3.05, 3.63) is 82.9 Å².